The van der Waals surface area contributed by atoms with Crippen molar-refractivity contribution in [2.75, 3.05) is 31.9 Å². The van der Waals surface area contributed by atoms with Gasteiger partial charge in [-0.25, -0.2) is 0 Å². The van der Waals surface area contributed by atoms with Gasteiger partial charge in [0.05, 0.1) is 11.3 Å². The Morgan fingerprint density at radius 3 is 2.19 bits per heavy atom. The lowest BCUT2D eigenvalue weighted by molar-refractivity contribution is 0.0944. The van der Waals surface area contributed by atoms with Gasteiger partial charge in [-0.1, -0.05) is 19.4 Å². The Balaban J connectivity index is 1.76. The molecule has 1 aliphatic carbocycles. The summed E-state index contributed by atoms with van der Waals surface area (Å²) in [6, 6.07) is 4.55. The molecule has 0 saturated carbocycles. The van der Waals surface area contributed by atoms with Gasteiger partial charge in [0.15, 0.2) is 5.75 Å². The van der Waals surface area contributed by atoms with Gasteiger partial charge < -0.3 is 14.0 Å². The van der Waals surface area contributed by atoms with Crippen LogP contribution in [0.25, 0.3) is 0 Å². The molecular weight excluding hydrogens is 356 g/mol. The fourth-order valence-electron chi connectivity index (χ4n) is 3.12. The number of carbonyl (C=O) groups is 2. The van der Waals surface area contributed by atoms with E-state index in [1.165, 1.54) is 6.07 Å². The third-order valence-electron chi connectivity index (χ3n) is 4.64. The molecule has 2 aliphatic heterocycles. The highest BCUT2D eigenvalue weighted by Gasteiger charge is 2.44. The maximum atomic E-state index is 13.2. The van der Waals surface area contributed by atoms with Gasteiger partial charge in [0, 0.05) is 31.7 Å². The Bertz CT molecular complexity index is 927. The molecule has 0 N–H and O–H groups in total. The quantitative estimate of drug-likeness (QED) is 0.526. The van der Waals surface area contributed by atoms with Crippen molar-refractivity contribution in [1.29, 1.82) is 0 Å². The number of ketones is 2. The predicted octanol–water partition coefficient (Wildman–Crippen LogP) is 1.42. The van der Waals surface area contributed by atoms with Crippen LogP contribution in [0.5, 0.6) is 5.75 Å². The van der Waals surface area contributed by atoms with E-state index in [1.54, 1.807) is 12.1 Å². The first-order valence-electron chi connectivity index (χ1n) is 8.81. The third-order valence-corrected chi connectivity index (χ3v) is 5.87. The number of benzene rings is 1. The first kappa shape index (κ1) is 17.1. The Labute approximate surface area is 152 Å². The van der Waals surface area contributed by atoms with E-state index in [1.807, 2.05) is 16.7 Å². The van der Waals surface area contributed by atoms with Crippen molar-refractivity contribution >= 4 is 21.7 Å². The van der Waals surface area contributed by atoms with Crippen LogP contribution in [-0.2, 0) is 10.1 Å². The van der Waals surface area contributed by atoms with Crippen molar-refractivity contribution in [3.63, 3.8) is 0 Å². The molecule has 0 bridgehead atoms. The molecule has 7 nitrogen and oxygen atoms in total. The second kappa shape index (κ2) is 6.12. The van der Waals surface area contributed by atoms with Gasteiger partial charge in [0.2, 0.25) is 11.6 Å². The molecular formula is C18H20N2O5S. The topological polar surface area (TPSA) is 83.5 Å². The van der Waals surface area contributed by atoms with E-state index < -0.39 is 10.1 Å². The van der Waals surface area contributed by atoms with Gasteiger partial charge in [0.1, 0.15) is 11.4 Å². The third kappa shape index (κ3) is 2.98. The van der Waals surface area contributed by atoms with Crippen LogP contribution in [0.2, 0.25) is 0 Å². The molecule has 0 unspecified atom stereocenters. The average Bonchev–Trinajstić information content (AvgIpc) is 3.47. The van der Waals surface area contributed by atoms with Gasteiger partial charge in [-0.05, 0) is 18.6 Å². The lowest BCUT2D eigenvalue weighted by Gasteiger charge is -2.24. The zero-order valence-electron chi connectivity index (χ0n) is 14.5. The van der Waals surface area contributed by atoms with Gasteiger partial charge in [-0.2, -0.15) is 8.42 Å². The van der Waals surface area contributed by atoms with E-state index in [0.29, 0.717) is 24.2 Å². The average molecular weight is 376 g/mol. The molecule has 0 aromatic heterocycles. The minimum atomic E-state index is -3.81. The summed E-state index contributed by atoms with van der Waals surface area (Å²) in [6.07, 6.45) is 1.19. The molecule has 8 heteroatoms. The van der Waals surface area contributed by atoms with Gasteiger partial charge >= 0.3 is 10.1 Å². The smallest absolute Gasteiger partial charge is 0.309 e. The van der Waals surface area contributed by atoms with Crippen LogP contribution in [0, 0.1) is 0 Å². The molecule has 0 spiro atoms. The largest absolute Gasteiger partial charge is 0.382 e. The monoisotopic (exact) mass is 376 g/mol. The van der Waals surface area contributed by atoms with E-state index in [0.717, 1.165) is 26.2 Å². The summed E-state index contributed by atoms with van der Waals surface area (Å²) in [5.41, 5.74) is 1.09. The van der Waals surface area contributed by atoms with Crippen LogP contribution in [0.15, 0.2) is 29.6 Å². The highest BCUT2D eigenvalue weighted by atomic mass is 32.2. The first-order chi connectivity index (χ1) is 12.4. The van der Waals surface area contributed by atoms with Crippen LogP contribution in [0.4, 0.5) is 0 Å². The summed E-state index contributed by atoms with van der Waals surface area (Å²) in [4.78, 5) is 29.9. The van der Waals surface area contributed by atoms with E-state index in [2.05, 4.69) is 0 Å². The lowest BCUT2D eigenvalue weighted by Crippen LogP contribution is -2.30. The molecule has 3 aliphatic rings. The first-order valence-corrected chi connectivity index (χ1v) is 10.4. The second-order valence-corrected chi connectivity index (χ2v) is 8.40. The fraction of sp³-hybridized carbons (Fsp3) is 0.444. The molecule has 0 atom stereocenters. The van der Waals surface area contributed by atoms with Crippen molar-refractivity contribution in [1.82, 2.24) is 9.80 Å². The molecule has 0 amide bonds. The number of rotatable bonds is 7. The number of carbonyl (C=O) groups excluding carboxylic acids is 2. The van der Waals surface area contributed by atoms with Crippen molar-refractivity contribution in [2.45, 2.75) is 19.8 Å². The summed E-state index contributed by atoms with van der Waals surface area (Å²) >= 11 is 0. The Morgan fingerprint density at radius 1 is 1.00 bits per heavy atom. The zero-order valence-corrected chi connectivity index (χ0v) is 15.3. The number of fused-ring (bicyclic) bond motifs is 1. The Kier molecular flexibility index (Phi) is 4.02. The molecule has 26 heavy (non-hydrogen) atoms. The zero-order chi connectivity index (χ0) is 18.5. The SMILES string of the molecule is CCCCS(=O)(=O)Oc1cccc2c1C(=O)C(N1CC1)=C(N1CC1)C2=O. The number of nitrogens with zero attached hydrogens (tertiary/aromatic N) is 2. The van der Waals surface area contributed by atoms with Crippen LogP contribution >= 0.6 is 0 Å². The maximum absolute atomic E-state index is 13.2. The van der Waals surface area contributed by atoms with Crippen molar-refractivity contribution in [2.24, 2.45) is 0 Å². The predicted molar refractivity (Wildman–Crippen MR) is 94.6 cm³/mol. The van der Waals surface area contributed by atoms with E-state index in [9.17, 15) is 18.0 Å². The number of hydrogen-bond acceptors (Lipinski definition) is 7. The molecule has 1 aromatic rings. The molecule has 4 rings (SSSR count). The standard InChI is InChI=1S/C18H20N2O5S/c1-2-3-11-26(23,24)25-13-6-4-5-12-14(13)18(22)16(20-9-10-20)15(17(12)21)19-7-8-19/h4-6H,2-3,7-11H2,1H3. The number of hydrogen-bond donors (Lipinski definition) is 0. The van der Waals surface area contributed by atoms with Crippen LogP contribution in [0.3, 0.4) is 0 Å². The van der Waals surface area contributed by atoms with Crippen LogP contribution in [0.1, 0.15) is 40.5 Å². The van der Waals surface area contributed by atoms with Gasteiger partial charge in [-0.3, -0.25) is 9.59 Å². The lowest BCUT2D eigenvalue weighted by atomic mass is 9.89. The van der Waals surface area contributed by atoms with Gasteiger partial charge in [-0.15, -0.1) is 0 Å². The van der Waals surface area contributed by atoms with E-state index >= 15 is 0 Å². The normalized spacial score (nSPS) is 19.0. The fourth-order valence-corrected chi connectivity index (χ4v) is 4.26. The number of Topliss-reactive ketones (excluding diaryl/α,β-unsaturated/α-hetero) is 2. The summed E-state index contributed by atoms with van der Waals surface area (Å²) in [7, 11) is -3.81. The number of unbranched alkanes of at least 4 members (excludes halogenated alkanes) is 1. The minimum absolute atomic E-state index is 0.0545. The Hall–Kier alpha value is -2.35. The second-order valence-electron chi connectivity index (χ2n) is 6.71. The molecule has 2 saturated heterocycles. The molecule has 138 valence electrons. The van der Waals surface area contributed by atoms with Crippen LogP contribution in [-0.4, -0.2) is 61.7 Å². The Morgan fingerprint density at radius 2 is 1.62 bits per heavy atom. The molecule has 1 aromatic carbocycles. The maximum Gasteiger partial charge on any atom is 0.309 e. The number of allylic oxidation sites excluding steroid dienone is 2. The van der Waals surface area contributed by atoms with Gasteiger partial charge in [0.25, 0.3) is 0 Å². The highest BCUT2D eigenvalue weighted by molar-refractivity contribution is 7.87. The van der Waals surface area contributed by atoms with Crippen molar-refractivity contribution in [3.05, 3.63) is 40.7 Å². The summed E-state index contributed by atoms with van der Waals surface area (Å²) in [5.74, 6) is -0.750. The summed E-state index contributed by atoms with van der Waals surface area (Å²) < 4.78 is 29.6. The highest BCUT2D eigenvalue weighted by Crippen LogP contribution is 2.39. The molecule has 0 radical (unpaired) electrons. The molecule has 2 heterocycles. The van der Waals surface area contributed by atoms with Crippen LogP contribution < -0.4 is 4.18 Å². The minimum Gasteiger partial charge on any atom is -0.382 e. The summed E-state index contributed by atoms with van der Waals surface area (Å²) in [5, 5.41) is 0. The summed E-state index contributed by atoms with van der Waals surface area (Å²) in [6.45, 7) is 4.83. The van der Waals surface area contributed by atoms with Crippen molar-refractivity contribution in [3.8, 4) is 5.75 Å². The van der Waals surface area contributed by atoms with E-state index in [4.69, 9.17) is 4.18 Å². The molecule has 2 fully saturated rings. The van der Waals surface area contributed by atoms with E-state index in [-0.39, 0.29) is 34.2 Å². The van der Waals surface area contributed by atoms with Crippen molar-refractivity contribution < 1.29 is 22.2 Å².